The van der Waals surface area contributed by atoms with Crippen LogP contribution in [0, 0.1) is 0 Å². The second kappa shape index (κ2) is 4.82. The van der Waals surface area contributed by atoms with Crippen LogP contribution in [0.1, 0.15) is 41.0 Å². The summed E-state index contributed by atoms with van der Waals surface area (Å²) in [6.07, 6.45) is 6.52. The van der Waals surface area contributed by atoms with Gasteiger partial charge < -0.3 is 14.2 Å². The predicted molar refractivity (Wildman–Crippen MR) is 74.3 cm³/mol. The van der Waals surface area contributed by atoms with Gasteiger partial charge >= 0.3 is 7.12 Å². The van der Waals surface area contributed by atoms with Crippen LogP contribution in [0.25, 0.3) is 0 Å². The van der Waals surface area contributed by atoms with Crippen molar-refractivity contribution >= 4 is 7.12 Å². The molecule has 2 aliphatic rings. The first kappa shape index (κ1) is 14.4. The lowest BCUT2D eigenvalue weighted by Crippen LogP contribution is -2.41. The Labute approximate surface area is 114 Å². The molecule has 0 unspecified atom stereocenters. The minimum absolute atomic E-state index is 0.379. The van der Waals surface area contributed by atoms with E-state index in [-0.39, 0.29) is 0 Å². The van der Waals surface area contributed by atoms with Crippen molar-refractivity contribution < 1.29 is 19.5 Å². The fourth-order valence-electron chi connectivity index (χ4n) is 2.06. The third-order valence-electron chi connectivity index (χ3n) is 4.00. The molecule has 104 valence electrons. The molecule has 0 atom stereocenters. The van der Waals surface area contributed by atoms with E-state index in [4.69, 9.17) is 14.6 Å². The van der Waals surface area contributed by atoms with Gasteiger partial charge in [-0.15, -0.1) is 0 Å². The molecule has 1 aliphatic carbocycles. The quantitative estimate of drug-likeness (QED) is 0.472. The van der Waals surface area contributed by atoms with Crippen LogP contribution in [0.4, 0.5) is 0 Å². The lowest BCUT2D eigenvalue weighted by molar-refractivity contribution is -0.198. The van der Waals surface area contributed by atoms with Gasteiger partial charge in [-0.2, -0.15) is 0 Å². The maximum absolute atomic E-state index is 9.08. The van der Waals surface area contributed by atoms with Crippen LogP contribution in [-0.2, 0) is 14.2 Å². The molecular weight excluding hydrogens is 243 g/mol. The van der Waals surface area contributed by atoms with Crippen LogP contribution < -0.4 is 0 Å². The molecule has 1 fully saturated rings. The molecule has 19 heavy (non-hydrogen) atoms. The van der Waals surface area contributed by atoms with Crippen molar-refractivity contribution in [2.75, 3.05) is 0 Å². The average molecular weight is 264 g/mol. The summed E-state index contributed by atoms with van der Waals surface area (Å²) in [5.74, 6) is 0.379. The molecule has 1 N–H and O–H groups in total. The van der Waals surface area contributed by atoms with Crippen molar-refractivity contribution in [3.05, 3.63) is 35.0 Å². The minimum atomic E-state index is -0.537. The monoisotopic (exact) mass is 264 g/mol. The molecule has 1 aliphatic heterocycles. The Morgan fingerprint density at radius 2 is 1.79 bits per heavy atom. The van der Waals surface area contributed by atoms with Crippen LogP contribution in [0.15, 0.2) is 35.0 Å². The highest BCUT2D eigenvalue weighted by Gasteiger charge is 2.52. The molecule has 0 aromatic heterocycles. The molecule has 0 spiro atoms. The second-order valence-electron chi connectivity index (χ2n) is 6.10. The third-order valence-corrected chi connectivity index (χ3v) is 4.00. The Morgan fingerprint density at radius 1 is 1.21 bits per heavy atom. The molecule has 0 amide bonds. The summed E-state index contributed by atoms with van der Waals surface area (Å²) >= 11 is 0. The number of rotatable bonds is 2. The van der Waals surface area contributed by atoms with Crippen molar-refractivity contribution in [3.63, 3.8) is 0 Å². The molecule has 1 saturated heterocycles. The van der Waals surface area contributed by atoms with Gasteiger partial charge in [-0.1, -0.05) is 17.7 Å². The Bertz CT molecular complexity index is 444. The first-order valence-electron chi connectivity index (χ1n) is 6.52. The van der Waals surface area contributed by atoms with Gasteiger partial charge in [0.15, 0.2) is 5.76 Å². The van der Waals surface area contributed by atoms with E-state index < -0.39 is 18.3 Å². The van der Waals surface area contributed by atoms with Crippen molar-refractivity contribution in [2.24, 2.45) is 0 Å². The van der Waals surface area contributed by atoms with Crippen molar-refractivity contribution in [2.45, 2.75) is 52.2 Å². The van der Waals surface area contributed by atoms with Crippen LogP contribution in [0.3, 0.4) is 0 Å². The Balaban J connectivity index is 2.36. The SMILES string of the molecule is CC1=CC(OO)=C(B2OC(C)(C)C(C)(C)O2)C=CC1. The smallest absolute Gasteiger partial charge is 0.399 e. The summed E-state index contributed by atoms with van der Waals surface area (Å²) in [5, 5.41) is 9.08. The zero-order chi connectivity index (χ0) is 14.3. The van der Waals surface area contributed by atoms with Crippen molar-refractivity contribution in [1.29, 1.82) is 0 Å². The van der Waals surface area contributed by atoms with E-state index in [2.05, 4.69) is 4.89 Å². The maximum Gasteiger partial charge on any atom is 0.498 e. The maximum atomic E-state index is 9.08. The van der Waals surface area contributed by atoms with Crippen LogP contribution in [0.5, 0.6) is 0 Å². The Kier molecular flexibility index (Phi) is 3.64. The summed E-state index contributed by atoms with van der Waals surface area (Å²) in [6, 6.07) is 0. The second-order valence-corrected chi connectivity index (χ2v) is 6.10. The first-order chi connectivity index (χ1) is 8.77. The van der Waals surface area contributed by atoms with Gasteiger partial charge in [-0.25, -0.2) is 5.26 Å². The summed E-state index contributed by atoms with van der Waals surface area (Å²) < 4.78 is 11.9. The van der Waals surface area contributed by atoms with Gasteiger partial charge in [0, 0.05) is 5.47 Å². The molecule has 4 nitrogen and oxygen atoms in total. The molecule has 0 aromatic rings. The fraction of sp³-hybridized carbons (Fsp3) is 0.571. The van der Waals surface area contributed by atoms with E-state index in [1.165, 1.54) is 0 Å². The fourth-order valence-corrected chi connectivity index (χ4v) is 2.06. The molecule has 1 heterocycles. The summed E-state index contributed by atoms with van der Waals surface area (Å²) in [5.41, 5.74) is 0.985. The van der Waals surface area contributed by atoms with E-state index in [9.17, 15) is 0 Å². The van der Waals surface area contributed by atoms with Crippen molar-refractivity contribution in [3.8, 4) is 0 Å². The highest BCUT2D eigenvalue weighted by molar-refractivity contribution is 6.55. The van der Waals surface area contributed by atoms with Gasteiger partial charge in [-0.05, 0) is 47.1 Å². The molecule has 0 aromatic carbocycles. The molecule has 2 rings (SSSR count). The van der Waals surface area contributed by atoms with Gasteiger partial charge in [0.05, 0.1) is 11.2 Å². The highest BCUT2D eigenvalue weighted by atomic mass is 17.1. The zero-order valence-corrected chi connectivity index (χ0v) is 12.2. The minimum Gasteiger partial charge on any atom is -0.399 e. The number of allylic oxidation sites excluding steroid dienone is 5. The van der Waals surface area contributed by atoms with Gasteiger partial charge in [0.2, 0.25) is 0 Å². The van der Waals surface area contributed by atoms with Gasteiger partial charge in [0.1, 0.15) is 0 Å². The highest BCUT2D eigenvalue weighted by Crippen LogP contribution is 2.39. The lowest BCUT2D eigenvalue weighted by Gasteiger charge is -2.32. The first-order valence-corrected chi connectivity index (χ1v) is 6.52. The van der Waals surface area contributed by atoms with E-state index >= 15 is 0 Å². The van der Waals surface area contributed by atoms with Crippen LogP contribution in [-0.4, -0.2) is 23.6 Å². The Morgan fingerprint density at radius 3 is 2.32 bits per heavy atom. The topological polar surface area (TPSA) is 47.9 Å². The van der Waals surface area contributed by atoms with Crippen LogP contribution in [0.2, 0.25) is 0 Å². The molecule has 5 heteroatoms. The van der Waals surface area contributed by atoms with Crippen LogP contribution >= 0.6 is 0 Å². The largest absolute Gasteiger partial charge is 0.498 e. The zero-order valence-electron chi connectivity index (χ0n) is 12.2. The van der Waals surface area contributed by atoms with E-state index in [0.29, 0.717) is 11.2 Å². The summed E-state index contributed by atoms with van der Waals surface area (Å²) in [7, 11) is -0.537. The van der Waals surface area contributed by atoms with E-state index in [0.717, 1.165) is 12.0 Å². The summed E-state index contributed by atoms with van der Waals surface area (Å²) in [4.78, 5) is 4.49. The number of hydrogen-bond donors (Lipinski definition) is 1. The average Bonchev–Trinajstić information content (AvgIpc) is 2.46. The Hall–Kier alpha value is -1.04. The third kappa shape index (κ3) is 2.64. The van der Waals surface area contributed by atoms with Crippen molar-refractivity contribution in [1.82, 2.24) is 0 Å². The lowest BCUT2D eigenvalue weighted by atomic mass is 9.77. The van der Waals surface area contributed by atoms with E-state index in [1.807, 2.05) is 46.8 Å². The molecular formula is C14H21BO4. The van der Waals surface area contributed by atoms with Gasteiger partial charge in [0.25, 0.3) is 0 Å². The normalized spacial score (nSPS) is 25.4. The van der Waals surface area contributed by atoms with Gasteiger partial charge in [-0.3, -0.25) is 0 Å². The molecule has 0 saturated carbocycles. The predicted octanol–water partition coefficient (Wildman–Crippen LogP) is 3.27. The number of hydrogen-bond acceptors (Lipinski definition) is 4. The van der Waals surface area contributed by atoms with E-state index in [1.54, 1.807) is 6.08 Å². The standard InChI is InChI=1S/C14H21BO4/c1-10-7-6-8-11(12(9-10)17-16)15-18-13(2,3)14(4,5)19-15/h6,8-9,16H,7H2,1-5H3. The summed E-state index contributed by atoms with van der Waals surface area (Å²) in [6.45, 7) is 9.96. The molecule has 0 bridgehead atoms. The molecule has 0 radical (unpaired) electrons.